The van der Waals surface area contributed by atoms with E-state index in [1.165, 1.54) is 99.6 Å². The molecule has 0 heterocycles. The summed E-state index contributed by atoms with van der Waals surface area (Å²) in [5, 5.41) is 0. The lowest BCUT2D eigenvalue weighted by Crippen LogP contribution is -2.35. The summed E-state index contributed by atoms with van der Waals surface area (Å²) in [4.78, 5) is 0. The Hall–Kier alpha value is -1.64. The smallest absolute Gasteiger partial charge is 0.0780 e. The predicted molar refractivity (Wildman–Crippen MR) is 163 cm³/mol. The number of fused-ring (bicyclic) bond motifs is 3. The van der Waals surface area contributed by atoms with Gasteiger partial charge in [-0.3, -0.25) is 0 Å². The molecule has 0 aromatic heterocycles. The molecular formula is C35H58N2+2. The summed E-state index contributed by atoms with van der Waals surface area (Å²) in [6.45, 7) is 7.18. The van der Waals surface area contributed by atoms with Gasteiger partial charge in [-0.15, -0.1) is 0 Å². The van der Waals surface area contributed by atoms with Gasteiger partial charge in [0.2, 0.25) is 0 Å². The van der Waals surface area contributed by atoms with E-state index in [2.05, 4.69) is 92.5 Å². The Morgan fingerprint density at radius 3 is 1.24 bits per heavy atom. The largest absolute Gasteiger partial charge is 0.331 e. The number of hydrogen-bond acceptors (Lipinski definition) is 0. The van der Waals surface area contributed by atoms with Crippen LogP contribution in [-0.2, 0) is 18.3 Å². The molecule has 2 aromatic carbocycles. The lowest BCUT2D eigenvalue weighted by atomic mass is 9.70. The third-order valence-corrected chi connectivity index (χ3v) is 8.67. The highest BCUT2D eigenvalue weighted by atomic mass is 15.3. The molecule has 0 fully saturated rings. The number of unbranched alkanes of at least 4 members (excludes halogenated alkanes) is 6. The highest BCUT2D eigenvalue weighted by Gasteiger charge is 2.42. The van der Waals surface area contributed by atoms with Gasteiger partial charge >= 0.3 is 0 Å². The van der Waals surface area contributed by atoms with Gasteiger partial charge in [-0.25, -0.2) is 0 Å². The molecule has 0 aliphatic heterocycles. The van der Waals surface area contributed by atoms with Crippen LogP contribution in [0.1, 0.15) is 100 Å². The summed E-state index contributed by atoms with van der Waals surface area (Å²) in [6, 6.07) is 14.8. The van der Waals surface area contributed by atoms with E-state index in [-0.39, 0.29) is 5.41 Å². The first kappa shape index (κ1) is 29.9. The zero-order chi connectivity index (χ0) is 27.1. The van der Waals surface area contributed by atoms with Crippen LogP contribution in [-0.4, -0.2) is 64.3 Å². The maximum absolute atomic E-state index is 2.59. The molecule has 0 atom stereocenters. The fraction of sp³-hybridized carbons (Fsp3) is 0.657. The van der Waals surface area contributed by atoms with Gasteiger partial charge in [0, 0.05) is 5.41 Å². The minimum Gasteiger partial charge on any atom is -0.331 e. The van der Waals surface area contributed by atoms with E-state index in [0.717, 1.165) is 21.8 Å². The van der Waals surface area contributed by atoms with Crippen LogP contribution in [0.4, 0.5) is 0 Å². The van der Waals surface area contributed by atoms with E-state index in [1.807, 2.05) is 0 Å². The van der Waals surface area contributed by atoms with E-state index in [1.54, 1.807) is 11.1 Å². The second-order valence-corrected chi connectivity index (χ2v) is 13.9. The van der Waals surface area contributed by atoms with Crippen molar-refractivity contribution in [3.8, 4) is 11.1 Å². The minimum absolute atomic E-state index is 0.196. The Morgan fingerprint density at radius 2 is 0.892 bits per heavy atom. The van der Waals surface area contributed by atoms with E-state index in [4.69, 9.17) is 0 Å². The molecular weight excluding hydrogens is 448 g/mol. The average molecular weight is 507 g/mol. The first-order chi connectivity index (χ1) is 17.5. The van der Waals surface area contributed by atoms with E-state index >= 15 is 0 Å². The van der Waals surface area contributed by atoms with Gasteiger partial charge in [-0.2, -0.15) is 0 Å². The highest BCUT2D eigenvalue weighted by molar-refractivity contribution is 5.81. The van der Waals surface area contributed by atoms with Gasteiger partial charge in [0.05, 0.1) is 55.4 Å². The van der Waals surface area contributed by atoms with E-state index in [9.17, 15) is 0 Å². The van der Waals surface area contributed by atoms with Crippen molar-refractivity contribution in [2.75, 3.05) is 55.4 Å². The van der Waals surface area contributed by atoms with Crippen molar-refractivity contribution in [1.29, 1.82) is 0 Å². The van der Waals surface area contributed by atoms with Gasteiger partial charge in [0.15, 0.2) is 0 Å². The van der Waals surface area contributed by atoms with E-state index < -0.39 is 0 Å². The molecule has 3 rings (SSSR count). The molecule has 0 saturated heterocycles. The van der Waals surface area contributed by atoms with Gasteiger partial charge in [0.25, 0.3) is 0 Å². The van der Waals surface area contributed by atoms with Crippen molar-refractivity contribution in [1.82, 2.24) is 0 Å². The Kier molecular flexibility index (Phi) is 10.5. The number of quaternary nitrogens is 2. The van der Waals surface area contributed by atoms with Crippen molar-refractivity contribution in [3.05, 3.63) is 58.7 Å². The third kappa shape index (κ3) is 8.17. The monoisotopic (exact) mass is 506 g/mol. The second kappa shape index (κ2) is 12.9. The fourth-order valence-corrected chi connectivity index (χ4v) is 6.43. The lowest BCUT2D eigenvalue weighted by Gasteiger charge is -2.33. The Morgan fingerprint density at radius 1 is 0.514 bits per heavy atom. The molecule has 1 aliphatic carbocycles. The average Bonchev–Trinajstić information content (AvgIpc) is 3.10. The normalized spacial score (nSPS) is 14.6. The Labute approximate surface area is 230 Å². The molecule has 2 nitrogen and oxygen atoms in total. The van der Waals surface area contributed by atoms with Gasteiger partial charge in [-0.1, -0.05) is 75.9 Å². The lowest BCUT2D eigenvalue weighted by molar-refractivity contribution is -0.870. The number of rotatable bonds is 16. The Bertz CT molecular complexity index is 908. The maximum atomic E-state index is 2.59. The van der Waals surface area contributed by atoms with Crippen molar-refractivity contribution in [3.63, 3.8) is 0 Å². The Balaban J connectivity index is 1.84. The number of nitrogens with zero attached hydrogens (tertiary/aromatic N) is 2. The summed E-state index contributed by atoms with van der Waals surface area (Å²) < 4.78 is 2.16. The second-order valence-electron chi connectivity index (χ2n) is 13.9. The van der Waals surface area contributed by atoms with Gasteiger partial charge in [0.1, 0.15) is 0 Å². The zero-order valence-corrected chi connectivity index (χ0v) is 25.8. The maximum Gasteiger partial charge on any atom is 0.0780 e. The van der Waals surface area contributed by atoms with Crippen LogP contribution in [0.25, 0.3) is 11.1 Å². The minimum atomic E-state index is 0.196. The summed E-state index contributed by atoms with van der Waals surface area (Å²) in [5.41, 5.74) is 9.52. The highest BCUT2D eigenvalue weighted by Crippen LogP contribution is 2.54. The molecule has 0 radical (unpaired) electrons. The summed E-state index contributed by atoms with van der Waals surface area (Å²) in [7, 11) is 13.9. The number of aryl methyl sites for hydroxylation is 2. The quantitative estimate of drug-likeness (QED) is 0.158. The first-order valence-electron chi connectivity index (χ1n) is 15.4. The summed E-state index contributed by atoms with van der Waals surface area (Å²) >= 11 is 0. The molecule has 37 heavy (non-hydrogen) atoms. The first-order valence-corrected chi connectivity index (χ1v) is 15.4. The summed E-state index contributed by atoms with van der Waals surface area (Å²) in [6.07, 6.45) is 15.6. The molecule has 0 spiro atoms. The number of hydrogen-bond donors (Lipinski definition) is 0. The third-order valence-electron chi connectivity index (χ3n) is 8.67. The molecule has 206 valence electrons. The van der Waals surface area contributed by atoms with Crippen LogP contribution < -0.4 is 0 Å². The van der Waals surface area contributed by atoms with Gasteiger partial charge in [-0.05, 0) is 84.7 Å². The summed E-state index contributed by atoms with van der Waals surface area (Å²) in [5.74, 6) is 0. The molecule has 0 bridgehead atoms. The SMILES string of the molecule is CCc1ccc2c(c1)C(CCCCCC[N+](C)(C)C)(CCCCCC[N+](C)(C)C)c1cc(CC)ccc1-2. The standard InChI is InChI=1S/C35H58N2/c1-9-29-19-21-31-32-22-20-30(10-2)28-34(32)35(33(31)27-29,23-15-11-13-17-25-36(3,4)5)24-16-12-14-18-26-37(6,7)8/h19-22,27-28H,9-18,23-26H2,1-8H3/q+2. The van der Waals surface area contributed by atoms with E-state index in [0.29, 0.717) is 0 Å². The zero-order valence-electron chi connectivity index (χ0n) is 25.8. The van der Waals surface area contributed by atoms with Crippen molar-refractivity contribution >= 4 is 0 Å². The molecule has 1 aliphatic rings. The molecule has 0 amide bonds. The van der Waals surface area contributed by atoms with Crippen molar-refractivity contribution in [2.24, 2.45) is 0 Å². The van der Waals surface area contributed by atoms with Crippen LogP contribution in [0.5, 0.6) is 0 Å². The van der Waals surface area contributed by atoms with Crippen molar-refractivity contribution in [2.45, 2.75) is 96.3 Å². The van der Waals surface area contributed by atoms with Crippen LogP contribution in [0.3, 0.4) is 0 Å². The number of benzene rings is 2. The topological polar surface area (TPSA) is 0 Å². The molecule has 2 aromatic rings. The molecule has 0 N–H and O–H groups in total. The van der Waals surface area contributed by atoms with Crippen LogP contribution in [0.2, 0.25) is 0 Å². The van der Waals surface area contributed by atoms with Crippen LogP contribution >= 0.6 is 0 Å². The van der Waals surface area contributed by atoms with Gasteiger partial charge < -0.3 is 8.97 Å². The van der Waals surface area contributed by atoms with Crippen LogP contribution in [0.15, 0.2) is 36.4 Å². The van der Waals surface area contributed by atoms with Crippen molar-refractivity contribution < 1.29 is 8.97 Å². The molecule has 0 saturated carbocycles. The predicted octanol–water partition coefficient (Wildman–Crippen LogP) is 8.39. The molecule has 2 heteroatoms. The fourth-order valence-electron chi connectivity index (χ4n) is 6.43. The molecule has 0 unspecified atom stereocenters. The van der Waals surface area contributed by atoms with Crippen LogP contribution in [0, 0.1) is 0 Å².